The molecule has 1 unspecified atom stereocenters. The van der Waals surface area contributed by atoms with E-state index in [0.717, 1.165) is 11.8 Å². The molecule has 1 amide bonds. The quantitative estimate of drug-likeness (QED) is 0.831. The maximum Gasteiger partial charge on any atom is 0.239 e. The first kappa shape index (κ1) is 15.5. The van der Waals surface area contributed by atoms with Crippen molar-refractivity contribution in [1.82, 2.24) is 9.62 Å². The van der Waals surface area contributed by atoms with Crippen LogP contribution in [0.3, 0.4) is 0 Å². The van der Waals surface area contributed by atoms with Crippen molar-refractivity contribution in [1.29, 1.82) is 0 Å². The molecule has 112 valence electrons. The Bertz CT molecular complexity index is 659. The summed E-state index contributed by atoms with van der Waals surface area (Å²) in [5, 5.41) is 2.68. The minimum absolute atomic E-state index is 0.210. The lowest BCUT2D eigenvalue weighted by molar-refractivity contribution is -0.123. The van der Waals surface area contributed by atoms with Crippen LogP contribution in [0.5, 0.6) is 0 Å². The van der Waals surface area contributed by atoms with E-state index in [-0.39, 0.29) is 12.5 Å². The Kier molecular flexibility index (Phi) is 4.99. The monoisotopic (exact) mass is 306 g/mol. The second-order valence-corrected chi connectivity index (χ2v) is 6.85. The molecule has 6 heteroatoms. The van der Waals surface area contributed by atoms with Crippen molar-refractivity contribution in [2.75, 3.05) is 19.3 Å². The highest BCUT2D eigenvalue weighted by molar-refractivity contribution is 7.88. The van der Waals surface area contributed by atoms with Crippen LogP contribution < -0.4 is 5.32 Å². The number of nitrogens with zero attached hydrogens (tertiary/aromatic N) is 1. The van der Waals surface area contributed by atoms with Gasteiger partial charge in [-0.2, -0.15) is 4.31 Å². The molecule has 2 rings (SSSR count). The molecule has 0 spiro atoms. The highest BCUT2D eigenvalue weighted by Crippen LogP contribution is 2.20. The summed E-state index contributed by atoms with van der Waals surface area (Å²) < 4.78 is 24.4. The zero-order valence-electron chi connectivity index (χ0n) is 11.9. The van der Waals surface area contributed by atoms with Gasteiger partial charge >= 0.3 is 0 Å². The van der Waals surface area contributed by atoms with Crippen LogP contribution in [0.2, 0.25) is 0 Å². The molecule has 0 radical (unpaired) electrons. The molecule has 1 atom stereocenters. The van der Waals surface area contributed by atoms with Crippen molar-refractivity contribution in [3.63, 3.8) is 0 Å². The largest absolute Gasteiger partial charge is 0.344 e. The number of carbonyl (C=O) groups excluding carboxylic acids is 1. The van der Waals surface area contributed by atoms with Crippen molar-refractivity contribution in [3.8, 4) is 11.8 Å². The summed E-state index contributed by atoms with van der Waals surface area (Å²) in [7, 11) is -3.33. The molecule has 1 heterocycles. The van der Waals surface area contributed by atoms with Gasteiger partial charge in [0.25, 0.3) is 0 Å². The highest BCUT2D eigenvalue weighted by atomic mass is 32.2. The molecule has 1 aliphatic rings. The molecule has 1 saturated heterocycles. The van der Waals surface area contributed by atoms with Crippen LogP contribution in [0, 0.1) is 11.8 Å². The first-order chi connectivity index (χ1) is 9.98. The fraction of sp³-hybridized carbons (Fsp3) is 0.400. The molecule has 1 aromatic rings. The van der Waals surface area contributed by atoms with Gasteiger partial charge in [-0.1, -0.05) is 30.0 Å². The van der Waals surface area contributed by atoms with Gasteiger partial charge in [0.2, 0.25) is 15.9 Å². The third-order valence-electron chi connectivity index (χ3n) is 3.29. The van der Waals surface area contributed by atoms with E-state index >= 15 is 0 Å². The lowest BCUT2D eigenvalue weighted by Gasteiger charge is -2.20. The summed E-state index contributed by atoms with van der Waals surface area (Å²) >= 11 is 0. The summed E-state index contributed by atoms with van der Waals surface area (Å²) in [5.41, 5.74) is 0.880. The van der Waals surface area contributed by atoms with E-state index < -0.39 is 16.1 Å². The number of amides is 1. The van der Waals surface area contributed by atoms with Gasteiger partial charge in [-0.05, 0) is 25.0 Å². The molecular formula is C15H18N2O3S. The second-order valence-electron chi connectivity index (χ2n) is 4.92. The number of carbonyl (C=O) groups is 1. The SMILES string of the molecule is CS(=O)(=O)N1CCCC1C(=O)NCC#Cc1ccccc1. The highest BCUT2D eigenvalue weighted by Gasteiger charge is 2.35. The van der Waals surface area contributed by atoms with Crippen LogP contribution >= 0.6 is 0 Å². The van der Waals surface area contributed by atoms with E-state index in [4.69, 9.17) is 0 Å². The van der Waals surface area contributed by atoms with Gasteiger partial charge in [0, 0.05) is 12.1 Å². The summed E-state index contributed by atoms with van der Waals surface area (Å²) in [4.78, 5) is 12.0. The molecule has 0 aromatic heterocycles. The predicted octanol–water partition coefficient (Wildman–Crippen LogP) is 0.578. The minimum atomic E-state index is -3.33. The normalized spacial score (nSPS) is 18.8. The van der Waals surface area contributed by atoms with Crippen molar-refractivity contribution < 1.29 is 13.2 Å². The molecule has 0 aliphatic carbocycles. The van der Waals surface area contributed by atoms with Crippen LogP contribution in [0.25, 0.3) is 0 Å². The Morgan fingerprint density at radius 1 is 1.38 bits per heavy atom. The standard InChI is InChI=1S/C15H18N2O3S/c1-21(19,20)17-12-6-10-14(17)15(18)16-11-5-9-13-7-3-2-4-8-13/h2-4,7-8,14H,6,10-12H2,1H3,(H,16,18). The van der Waals surface area contributed by atoms with Crippen LogP contribution in [-0.2, 0) is 14.8 Å². The zero-order chi connectivity index (χ0) is 15.3. The van der Waals surface area contributed by atoms with E-state index in [1.165, 1.54) is 4.31 Å². The van der Waals surface area contributed by atoms with Crippen molar-refractivity contribution in [3.05, 3.63) is 35.9 Å². The smallest absolute Gasteiger partial charge is 0.239 e. The molecule has 0 saturated carbocycles. The lowest BCUT2D eigenvalue weighted by atomic mass is 10.2. The first-order valence-electron chi connectivity index (χ1n) is 6.77. The van der Waals surface area contributed by atoms with Gasteiger partial charge < -0.3 is 5.32 Å². The van der Waals surface area contributed by atoms with Gasteiger partial charge in [-0.15, -0.1) is 0 Å². The summed E-state index contributed by atoms with van der Waals surface area (Å²) in [6.07, 6.45) is 2.40. The topological polar surface area (TPSA) is 66.5 Å². The minimum Gasteiger partial charge on any atom is -0.344 e. The maximum atomic E-state index is 12.0. The number of hydrogen-bond donors (Lipinski definition) is 1. The Morgan fingerprint density at radius 3 is 2.76 bits per heavy atom. The van der Waals surface area contributed by atoms with E-state index in [1.54, 1.807) is 0 Å². The van der Waals surface area contributed by atoms with E-state index in [0.29, 0.717) is 19.4 Å². The number of rotatable bonds is 3. The average Bonchev–Trinajstić information content (AvgIpc) is 2.94. The third-order valence-corrected chi connectivity index (χ3v) is 4.58. The Morgan fingerprint density at radius 2 is 2.10 bits per heavy atom. The van der Waals surface area contributed by atoms with Crippen molar-refractivity contribution in [2.24, 2.45) is 0 Å². The number of sulfonamides is 1. The predicted molar refractivity (Wildman–Crippen MR) is 80.9 cm³/mol. The van der Waals surface area contributed by atoms with Gasteiger partial charge in [0.15, 0.2) is 0 Å². The van der Waals surface area contributed by atoms with Crippen molar-refractivity contribution in [2.45, 2.75) is 18.9 Å². The summed E-state index contributed by atoms with van der Waals surface area (Å²) in [5.74, 6) is 5.52. The molecule has 1 fully saturated rings. The molecule has 1 aliphatic heterocycles. The van der Waals surface area contributed by atoms with E-state index in [1.807, 2.05) is 30.3 Å². The van der Waals surface area contributed by atoms with Gasteiger partial charge in [0.05, 0.1) is 12.8 Å². The average molecular weight is 306 g/mol. The molecule has 1 N–H and O–H groups in total. The second kappa shape index (κ2) is 6.74. The molecular weight excluding hydrogens is 288 g/mol. The maximum absolute atomic E-state index is 12.0. The van der Waals surface area contributed by atoms with Gasteiger partial charge in [0.1, 0.15) is 6.04 Å². The van der Waals surface area contributed by atoms with Crippen LogP contribution in [0.15, 0.2) is 30.3 Å². The van der Waals surface area contributed by atoms with Crippen molar-refractivity contribution >= 4 is 15.9 Å². The summed E-state index contributed by atoms with van der Waals surface area (Å²) in [6, 6.07) is 8.87. The molecule has 21 heavy (non-hydrogen) atoms. The fourth-order valence-corrected chi connectivity index (χ4v) is 3.44. The van der Waals surface area contributed by atoms with Gasteiger partial charge in [-0.3, -0.25) is 4.79 Å². The Labute approximate surface area is 125 Å². The molecule has 1 aromatic carbocycles. The molecule has 5 nitrogen and oxygen atoms in total. The number of benzene rings is 1. The van der Waals surface area contributed by atoms with Crippen LogP contribution in [0.4, 0.5) is 0 Å². The van der Waals surface area contributed by atoms with Crippen LogP contribution in [-0.4, -0.2) is 44.0 Å². The zero-order valence-corrected chi connectivity index (χ0v) is 12.7. The summed E-state index contributed by atoms with van der Waals surface area (Å²) in [6.45, 7) is 0.619. The van der Waals surface area contributed by atoms with Gasteiger partial charge in [-0.25, -0.2) is 8.42 Å². The number of nitrogens with one attached hydrogen (secondary N) is 1. The Hall–Kier alpha value is -1.84. The lowest BCUT2D eigenvalue weighted by Crippen LogP contribution is -2.45. The number of hydrogen-bond acceptors (Lipinski definition) is 3. The fourth-order valence-electron chi connectivity index (χ4n) is 2.32. The van der Waals surface area contributed by atoms with E-state index in [2.05, 4.69) is 17.2 Å². The Balaban J connectivity index is 1.89. The third kappa shape index (κ3) is 4.31. The first-order valence-corrected chi connectivity index (χ1v) is 8.62. The molecule has 0 bridgehead atoms. The van der Waals surface area contributed by atoms with E-state index in [9.17, 15) is 13.2 Å². The van der Waals surface area contributed by atoms with Crippen LogP contribution in [0.1, 0.15) is 18.4 Å².